The molecule has 10 nitrogen and oxygen atoms in total. The number of carbonyl (C=O) groups excluding carboxylic acids is 4. The van der Waals surface area contributed by atoms with Gasteiger partial charge >= 0.3 is 5.97 Å². The Morgan fingerprint density at radius 2 is 1.89 bits per heavy atom. The summed E-state index contributed by atoms with van der Waals surface area (Å²) in [7, 11) is 0. The lowest BCUT2D eigenvalue weighted by Crippen LogP contribution is -2.62. The molecule has 46 heavy (non-hydrogen) atoms. The summed E-state index contributed by atoms with van der Waals surface area (Å²) in [5.74, 6) is -3.59. The third kappa shape index (κ3) is 6.69. The van der Waals surface area contributed by atoms with Crippen molar-refractivity contribution in [1.82, 2.24) is 15.1 Å². The molecule has 1 unspecified atom stereocenters. The molecule has 3 aliphatic heterocycles. The topological polar surface area (TPSA) is 125 Å². The molecule has 1 aromatic rings. The highest BCUT2D eigenvalue weighted by Gasteiger charge is 2.77. The fraction of sp³-hybridized carbons (Fsp3) is 0.600. The van der Waals surface area contributed by atoms with Crippen molar-refractivity contribution in [2.75, 3.05) is 19.8 Å². The van der Waals surface area contributed by atoms with Crippen molar-refractivity contribution in [3.05, 3.63) is 61.2 Å². The van der Waals surface area contributed by atoms with Crippen LogP contribution in [0.15, 0.2) is 55.6 Å². The average molecular weight is 703 g/mol. The Balaban J connectivity index is 1.73. The van der Waals surface area contributed by atoms with Crippen molar-refractivity contribution in [2.24, 2.45) is 17.8 Å². The van der Waals surface area contributed by atoms with Gasteiger partial charge in [0.1, 0.15) is 18.2 Å². The van der Waals surface area contributed by atoms with Crippen LogP contribution in [0.25, 0.3) is 0 Å². The zero-order chi connectivity index (χ0) is 34.0. The Morgan fingerprint density at radius 3 is 2.46 bits per heavy atom. The van der Waals surface area contributed by atoms with E-state index < -0.39 is 59.1 Å². The molecule has 2 bridgehead atoms. The maximum atomic E-state index is 14.6. The second-order valence-electron chi connectivity index (χ2n) is 13.8. The molecule has 3 saturated heterocycles. The zero-order valence-corrected chi connectivity index (χ0v) is 29.1. The highest BCUT2D eigenvalue weighted by atomic mass is 79.9. The van der Waals surface area contributed by atoms with Gasteiger partial charge in [0, 0.05) is 23.3 Å². The molecule has 3 aliphatic rings. The van der Waals surface area contributed by atoms with Gasteiger partial charge in [-0.05, 0) is 45.1 Å². The number of allylic oxidation sites excluding steroid dienone is 1. The van der Waals surface area contributed by atoms with Gasteiger partial charge in [0.2, 0.25) is 17.7 Å². The average Bonchev–Trinajstić information content (AvgIpc) is 3.60. The van der Waals surface area contributed by atoms with Gasteiger partial charge < -0.3 is 29.7 Å². The first-order chi connectivity index (χ1) is 21.7. The number of benzene rings is 1. The molecule has 8 atom stereocenters. The third-order valence-corrected chi connectivity index (χ3v) is 10.3. The van der Waals surface area contributed by atoms with Crippen molar-refractivity contribution < 1.29 is 33.8 Å². The minimum absolute atomic E-state index is 0.0965. The smallest absolute Gasteiger partial charge is 0.306 e. The third-order valence-electron chi connectivity index (χ3n) is 9.45. The van der Waals surface area contributed by atoms with Crippen molar-refractivity contribution in [1.29, 1.82) is 0 Å². The molecular weight excluding hydrogens is 654 g/mol. The van der Waals surface area contributed by atoms with Crippen LogP contribution in [0.5, 0.6) is 0 Å². The summed E-state index contributed by atoms with van der Waals surface area (Å²) in [6.45, 7) is 16.8. The molecule has 1 spiro atoms. The number of rotatable bonds is 14. The normalized spacial score (nSPS) is 28.0. The number of alkyl halides is 1. The van der Waals surface area contributed by atoms with Crippen LogP contribution >= 0.6 is 15.9 Å². The van der Waals surface area contributed by atoms with Crippen LogP contribution in [0.3, 0.4) is 0 Å². The lowest BCUT2D eigenvalue weighted by molar-refractivity contribution is -0.155. The van der Waals surface area contributed by atoms with Gasteiger partial charge in [0.15, 0.2) is 0 Å². The van der Waals surface area contributed by atoms with E-state index in [0.29, 0.717) is 12.8 Å². The van der Waals surface area contributed by atoms with E-state index in [9.17, 15) is 24.3 Å². The van der Waals surface area contributed by atoms with Crippen LogP contribution in [0.1, 0.15) is 65.5 Å². The molecule has 4 rings (SSSR count). The number of fused-ring (bicyclic) bond motifs is 1. The van der Waals surface area contributed by atoms with Crippen LogP contribution in [0, 0.1) is 17.8 Å². The van der Waals surface area contributed by atoms with Gasteiger partial charge in [-0.15, -0.1) is 13.2 Å². The maximum absolute atomic E-state index is 14.6. The summed E-state index contributed by atoms with van der Waals surface area (Å²) in [5.41, 5.74) is -1.16. The second kappa shape index (κ2) is 14.4. The molecule has 2 N–H and O–H groups in total. The van der Waals surface area contributed by atoms with E-state index in [-0.39, 0.29) is 48.7 Å². The molecule has 3 heterocycles. The number of carbonyl (C=O) groups is 4. The fourth-order valence-electron chi connectivity index (χ4n) is 7.24. The summed E-state index contributed by atoms with van der Waals surface area (Å²) in [4.78, 5) is 58.8. The first-order valence-electron chi connectivity index (χ1n) is 16.0. The highest BCUT2D eigenvalue weighted by Crippen LogP contribution is 2.61. The van der Waals surface area contributed by atoms with Crippen molar-refractivity contribution in [2.45, 2.75) is 94.1 Å². The van der Waals surface area contributed by atoms with Gasteiger partial charge in [0.05, 0.1) is 36.6 Å². The van der Waals surface area contributed by atoms with Crippen LogP contribution in [0.4, 0.5) is 0 Å². The monoisotopic (exact) mass is 701 g/mol. The van der Waals surface area contributed by atoms with Crippen LogP contribution in [-0.4, -0.2) is 92.5 Å². The van der Waals surface area contributed by atoms with Gasteiger partial charge in [-0.1, -0.05) is 72.3 Å². The van der Waals surface area contributed by atoms with Crippen LogP contribution in [0.2, 0.25) is 0 Å². The molecule has 0 saturated carbocycles. The number of likely N-dealkylation sites (tertiary alicyclic amines) is 1. The number of amides is 3. The molecule has 252 valence electrons. The van der Waals surface area contributed by atoms with E-state index in [1.165, 1.54) is 4.90 Å². The van der Waals surface area contributed by atoms with Gasteiger partial charge in [0.25, 0.3) is 0 Å². The Bertz CT molecular complexity index is 1310. The number of aliphatic hydroxyl groups excluding tert-OH is 1. The molecule has 1 aromatic carbocycles. The van der Waals surface area contributed by atoms with E-state index in [2.05, 4.69) is 34.4 Å². The molecular formula is C35H48BrN3O7. The molecule has 3 amide bonds. The van der Waals surface area contributed by atoms with E-state index in [1.807, 2.05) is 65.0 Å². The van der Waals surface area contributed by atoms with Crippen LogP contribution in [-0.2, 0) is 28.7 Å². The highest BCUT2D eigenvalue weighted by molar-refractivity contribution is 9.09. The maximum Gasteiger partial charge on any atom is 0.306 e. The number of nitrogens with one attached hydrogen (secondary N) is 1. The lowest BCUT2D eigenvalue weighted by atomic mass is 9.70. The van der Waals surface area contributed by atoms with Crippen LogP contribution < -0.4 is 5.32 Å². The quantitative estimate of drug-likeness (QED) is 0.171. The number of hydrogen-bond acceptors (Lipinski definition) is 7. The molecule has 0 radical (unpaired) electrons. The van der Waals surface area contributed by atoms with Gasteiger partial charge in [-0.3, -0.25) is 19.2 Å². The summed E-state index contributed by atoms with van der Waals surface area (Å²) in [5, 5.41) is 13.6. The Hall–Kier alpha value is -3.02. The SMILES string of the molecule is C=CCCC(=O)OC[C@H](NC(=O)[C@H]1[C@@H]2O[C@@]3(CC2Br)[C@@H]1C(=O)N([C@@H](CO)C(C)C)[C@@H]3C(=O)N(CC=C)C(C)(C)C)c1ccccc1. The minimum Gasteiger partial charge on any atom is -0.463 e. The first kappa shape index (κ1) is 35.8. The van der Waals surface area contributed by atoms with E-state index in [0.717, 1.165) is 5.56 Å². The largest absolute Gasteiger partial charge is 0.463 e. The van der Waals surface area contributed by atoms with E-state index in [4.69, 9.17) is 9.47 Å². The van der Waals surface area contributed by atoms with Gasteiger partial charge in [-0.2, -0.15) is 0 Å². The Morgan fingerprint density at radius 1 is 1.22 bits per heavy atom. The number of esters is 1. The van der Waals surface area contributed by atoms with Crippen molar-refractivity contribution in [3.63, 3.8) is 0 Å². The van der Waals surface area contributed by atoms with Crippen molar-refractivity contribution >= 4 is 39.6 Å². The summed E-state index contributed by atoms with van der Waals surface area (Å²) >= 11 is 3.72. The predicted molar refractivity (Wildman–Crippen MR) is 178 cm³/mol. The zero-order valence-electron chi connectivity index (χ0n) is 27.5. The summed E-state index contributed by atoms with van der Waals surface area (Å²) in [6.07, 6.45) is 3.60. The number of nitrogens with zero attached hydrogens (tertiary/aromatic N) is 2. The summed E-state index contributed by atoms with van der Waals surface area (Å²) < 4.78 is 12.2. The van der Waals surface area contributed by atoms with Crippen molar-refractivity contribution in [3.8, 4) is 0 Å². The number of halogens is 1. The predicted octanol–water partition coefficient (Wildman–Crippen LogP) is 3.93. The standard InChI is InChI=1S/C35H48BrN3O7/c1-8-10-16-26(41)45-20-24(22-14-12-11-13-15-22)37-31(42)27-28-32(43)39(25(19-40)21(3)4)30(35(28)18-23(36)29(27)46-35)33(44)38(17-9-2)34(5,6)7/h8-9,11-15,21,23-25,27-30,40H,1-2,10,16-20H2,3-7H3,(H,37,42)/t23?,24-,25-,27+,28-,29+,30+,35-/m0/s1. The fourth-order valence-corrected chi connectivity index (χ4v) is 8.18. The summed E-state index contributed by atoms with van der Waals surface area (Å²) in [6, 6.07) is 6.78. The second-order valence-corrected chi connectivity index (χ2v) is 15.0. The van der Waals surface area contributed by atoms with Gasteiger partial charge in [-0.25, -0.2) is 0 Å². The lowest BCUT2D eigenvalue weighted by Gasteiger charge is -2.44. The number of aliphatic hydroxyl groups is 1. The van der Waals surface area contributed by atoms with E-state index in [1.54, 1.807) is 17.1 Å². The Kier molecular flexibility index (Phi) is 11.2. The van der Waals surface area contributed by atoms with E-state index >= 15 is 0 Å². The number of hydrogen-bond donors (Lipinski definition) is 2. The molecule has 0 aliphatic carbocycles. The first-order valence-corrected chi connectivity index (χ1v) is 16.9. The number of ether oxygens (including phenoxy) is 2. The Labute approximate surface area is 280 Å². The minimum atomic E-state index is -1.29. The molecule has 0 aromatic heterocycles. The molecule has 11 heteroatoms. The molecule has 3 fully saturated rings.